The van der Waals surface area contributed by atoms with Crippen LogP contribution >= 0.6 is 0 Å². The lowest BCUT2D eigenvalue weighted by molar-refractivity contribution is -0.137. The maximum atomic E-state index is 13.0. The van der Waals surface area contributed by atoms with E-state index in [0.717, 1.165) is 37.0 Å². The van der Waals surface area contributed by atoms with E-state index in [0.29, 0.717) is 30.3 Å². The molecule has 0 aliphatic heterocycles. The summed E-state index contributed by atoms with van der Waals surface area (Å²) in [5.74, 6) is -0.373. The van der Waals surface area contributed by atoms with Crippen molar-refractivity contribution in [3.8, 4) is 12.8 Å². The van der Waals surface area contributed by atoms with Gasteiger partial charge in [0.1, 0.15) is 5.82 Å². The van der Waals surface area contributed by atoms with Gasteiger partial charge in [-0.05, 0) is 60.6 Å². The van der Waals surface area contributed by atoms with E-state index in [1.807, 2.05) is 26.0 Å². The zero-order chi connectivity index (χ0) is 31.4. The van der Waals surface area contributed by atoms with Crippen LogP contribution in [0.1, 0.15) is 95.4 Å². The summed E-state index contributed by atoms with van der Waals surface area (Å²) in [6.07, 6.45) is 7.31. The number of Topliss-reactive ketones (excluding diaryl/α,β-unsaturated/α-hetero) is 1. The first-order valence-corrected chi connectivity index (χ1v) is 14.1. The van der Waals surface area contributed by atoms with Crippen LogP contribution in [0.5, 0.6) is 0 Å². The van der Waals surface area contributed by atoms with Crippen molar-refractivity contribution in [3.63, 3.8) is 0 Å². The van der Waals surface area contributed by atoms with Gasteiger partial charge in [-0.2, -0.15) is 13.2 Å². The lowest BCUT2D eigenvalue weighted by Crippen LogP contribution is -2.12. The van der Waals surface area contributed by atoms with Crippen LogP contribution in [0.15, 0.2) is 90.0 Å². The molecule has 0 atom stereocenters. The van der Waals surface area contributed by atoms with Crippen molar-refractivity contribution < 1.29 is 22.4 Å². The number of hydrogen-bond donors (Lipinski definition) is 0. The molecule has 0 fully saturated rings. The Morgan fingerprint density at radius 2 is 1.32 bits per heavy atom. The average Bonchev–Trinajstić information content (AvgIpc) is 3.01. The molecular weight excluding hydrogens is 524 g/mol. The fourth-order valence-electron chi connectivity index (χ4n) is 4.17. The molecule has 0 aromatic heterocycles. The van der Waals surface area contributed by atoms with Crippen LogP contribution in [0.2, 0.25) is 0 Å². The Labute approximate surface area is 244 Å². The second kappa shape index (κ2) is 20.3. The number of halogens is 4. The summed E-state index contributed by atoms with van der Waals surface area (Å²) in [5.41, 5.74) is 4.05. The topological polar surface area (TPSA) is 17.1 Å². The Hall–Kier alpha value is -3.65. The molecule has 0 N–H and O–H groups in total. The van der Waals surface area contributed by atoms with Gasteiger partial charge in [0.2, 0.25) is 0 Å². The molecule has 41 heavy (non-hydrogen) atoms. The summed E-state index contributed by atoms with van der Waals surface area (Å²) < 4.78 is 49.0. The third-order valence-electron chi connectivity index (χ3n) is 6.44. The fourth-order valence-corrected chi connectivity index (χ4v) is 4.17. The van der Waals surface area contributed by atoms with Gasteiger partial charge in [0.15, 0.2) is 5.78 Å². The SMILES string of the molecule is C#C.CC.CCC/C(C(=O)CC(c1ccccc1)c1ccccc1)=C(/C)CC.CCc1ccc(C(F)(F)F)cc1F. The maximum Gasteiger partial charge on any atom is 0.416 e. The Bertz CT molecular complexity index is 1150. The van der Waals surface area contributed by atoms with E-state index < -0.39 is 17.6 Å². The maximum absolute atomic E-state index is 13.0. The second-order valence-electron chi connectivity index (χ2n) is 9.02. The lowest BCUT2D eigenvalue weighted by Gasteiger charge is -2.19. The van der Waals surface area contributed by atoms with Gasteiger partial charge < -0.3 is 0 Å². The third-order valence-corrected chi connectivity index (χ3v) is 6.44. The highest BCUT2D eigenvalue weighted by atomic mass is 19.4. The minimum absolute atomic E-state index is 0.122. The van der Waals surface area contributed by atoms with Gasteiger partial charge in [-0.1, -0.05) is 113 Å². The van der Waals surface area contributed by atoms with Gasteiger partial charge in [0.05, 0.1) is 5.56 Å². The Balaban J connectivity index is 0.000000794. The number of alkyl halides is 3. The van der Waals surface area contributed by atoms with E-state index in [1.165, 1.54) is 16.7 Å². The number of aryl methyl sites for hydroxylation is 1. The van der Waals surface area contributed by atoms with Crippen LogP contribution in [0.4, 0.5) is 17.6 Å². The van der Waals surface area contributed by atoms with E-state index in [9.17, 15) is 22.4 Å². The molecule has 5 heteroatoms. The first kappa shape index (κ1) is 37.4. The molecule has 0 bridgehead atoms. The summed E-state index contributed by atoms with van der Waals surface area (Å²) in [7, 11) is 0. The highest BCUT2D eigenvalue weighted by Gasteiger charge is 2.31. The Kier molecular flexibility index (Phi) is 18.5. The van der Waals surface area contributed by atoms with Crippen molar-refractivity contribution in [1.82, 2.24) is 0 Å². The standard InChI is InChI=1S/C23H28O.C9H8F4.C2H6.C2H2/c1-4-12-21(18(3)5-2)23(24)17-22(19-13-8-6-9-14-19)20-15-10-7-11-16-20;1-2-6-3-4-7(5-8(6)10)9(11,12)13;2*1-2/h6-11,13-16,22H,4-5,12,17H2,1-3H3;3-5H,2H2,1H3;1-2H3;1-2H/b21-18+;;;. The second-order valence-corrected chi connectivity index (χ2v) is 9.02. The number of terminal acetylenes is 1. The predicted octanol–water partition coefficient (Wildman–Crippen LogP) is 11.0. The van der Waals surface area contributed by atoms with Crippen molar-refractivity contribution in [2.24, 2.45) is 0 Å². The molecule has 0 unspecified atom stereocenters. The number of allylic oxidation sites excluding steroid dienone is 2. The smallest absolute Gasteiger partial charge is 0.295 e. The molecule has 3 aromatic rings. The van der Waals surface area contributed by atoms with Crippen LogP contribution in [0.3, 0.4) is 0 Å². The monoisotopic (exact) mass is 568 g/mol. The Morgan fingerprint density at radius 3 is 1.68 bits per heavy atom. The van der Waals surface area contributed by atoms with Gasteiger partial charge in [-0.25, -0.2) is 4.39 Å². The van der Waals surface area contributed by atoms with Gasteiger partial charge in [0, 0.05) is 12.3 Å². The molecular formula is C36H44F4O. The van der Waals surface area contributed by atoms with E-state index in [2.05, 4.69) is 82.1 Å². The normalized spacial score (nSPS) is 11.0. The number of ketones is 1. The summed E-state index contributed by atoms with van der Waals surface area (Å²) in [6.45, 7) is 12.1. The van der Waals surface area contributed by atoms with Crippen molar-refractivity contribution in [1.29, 1.82) is 0 Å². The van der Waals surface area contributed by atoms with Crippen LogP contribution in [-0.2, 0) is 17.4 Å². The van der Waals surface area contributed by atoms with E-state index in [1.54, 1.807) is 6.92 Å². The first-order valence-electron chi connectivity index (χ1n) is 14.1. The number of carbonyl (C=O) groups excluding carboxylic acids is 1. The summed E-state index contributed by atoms with van der Waals surface area (Å²) >= 11 is 0. The molecule has 0 radical (unpaired) electrons. The number of hydrogen-bond acceptors (Lipinski definition) is 1. The van der Waals surface area contributed by atoms with Crippen LogP contribution in [0, 0.1) is 18.7 Å². The van der Waals surface area contributed by atoms with Crippen molar-refractivity contribution in [2.45, 2.75) is 85.7 Å². The summed E-state index contributed by atoms with van der Waals surface area (Å²) in [6, 6.07) is 23.3. The highest BCUT2D eigenvalue weighted by molar-refractivity contribution is 5.96. The highest BCUT2D eigenvalue weighted by Crippen LogP contribution is 2.31. The molecule has 1 nitrogen and oxygen atoms in total. The molecule has 0 aliphatic rings. The van der Waals surface area contributed by atoms with Gasteiger partial charge in [-0.15, -0.1) is 12.8 Å². The van der Waals surface area contributed by atoms with Crippen LogP contribution in [-0.4, -0.2) is 5.78 Å². The average molecular weight is 569 g/mol. The lowest BCUT2D eigenvalue weighted by atomic mass is 9.84. The predicted molar refractivity (Wildman–Crippen MR) is 164 cm³/mol. The molecule has 0 saturated heterocycles. The number of carbonyl (C=O) groups is 1. The molecule has 0 heterocycles. The Morgan fingerprint density at radius 1 is 0.829 bits per heavy atom. The number of benzene rings is 3. The first-order chi connectivity index (χ1) is 19.6. The molecule has 222 valence electrons. The van der Waals surface area contributed by atoms with Crippen molar-refractivity contribution in [2.75, 3.05) is 0 Å². The van der Waals surface area contributed by atoms with Gasteiger partial charge >= 0.3 is 6.18 Å². The largest absolute Gasteiger partial charge is 0.416 e. The zero-order valence-electron chi connectivity index (χ0n) is 25.2. The van der Waals surface area contributed by atoms with Crippen molar-refractivity contribution in [3.05, 3.63) is 118 Å². The molecule has 3 rings (SSSR count). The van der Waals surface area contributed by atoms with E-state index >= 15 is 0 Å². The molecule has 0 aliphatic carbocycles. The van der Waals surface area contributed by atoms with Crippen molar-refractivity contribution >= 4 is 5.78 Å². The fraction of sp³-hybridized carbons (Fsp3) is 0.361. The third kappa shape index (κ3) is 12.6. The van der Waals surface area contributed by atoms with Gasteiger partial charge in [0.25, 0.3) is 0 Å². The minimum Gasteiger partial charge on any atom is -0.295 e. The molecule has 3 aromatic carbocycles. The molecule has 0 spiro atoms. The minimum atomic E-state index is -4.47. The van der Waals surface area contributed by atoms with Gasteiger partial charge in [-0.3, -0.25) is 4.79 Å². The number of rotatable bonds is 9. The summed E-state index contributed by atoms with van der Waals surface area (Å²) in [5, 5.41) is 0. The van der Waals surface area contributed by atoms with E-state index in [-0.39, 0.29) is 5.92 Å². The quantitative estimate of drug-likeness (QED) is 0.143. The molecule has 0 amide bonds. The zero-order valence-corrected chi connectivity index (χ0v) is 25.2. The van der Waals surface area contributed by atoms with Crippen LogP contribution < -0.4 is 0 Å². The summed E-state index contributed by atoms with van der Waals surface area (Å²) in [4.78, 5) is 13.0. The molecule has 0 saturated carbocycles. The van der Waals surface area contributed by atoms with Crippen LogP contribution in [0.25, 0.3) is 0 Å². The van der Waals surface area contributed by atoms with E-state index in [4.69, 9.17) is 0 Å².